The standard InChI is InChI=1S/C86H168O17P2/c1-7-10-12-14-16-18-20-22-23-26-34-40-46-52-58-64-70-85(90)102-81(74-96-83(88)68-62-56-50-44-38-30-21-19-17-15-13-11-8-2)76-100-104(92,93)98-72-80(87)73-99-105(94,95)101-77-82(103-86(91)71-65-59-53-47-41-35-27-24-25-31-36-42-48-54-60-66-78(4)5)75-97-84(89)69-63-57-51-45-39-33-29-28-32-37-43-49-55-61-67-79(6)9-3/h78-82,87H,7-77H2,1-6H3,(H,92,93)(H,94,95)/t79?,80-,81+,82+/m0/s1. The maximum absolute atomic E-state index is 13.1. The normalized spacial score (nSPS) is 14.1. The molecule has 0 bridgehead atoms. The molecule has 0 rings (SSSR count). The van der Waals surface area contributed by atoms with E-state index >= 15 is 0 Å². The van der Waals surface area contributed by atoms with Crippen LogP contribution in [0.4, 0.5) is 0 Å². The minimum Gasteiger partial charge on any atom is -0.462 e. The monoisotopic (exact) mass is 1540 g/mol. The van der Waals surface area contributed by atoms with Crippen LogP contribution in [0.1, 0.15) is 459 Å². The van der Waals surface area contributed by atoms with Crippen molar-refractivity contribution in [3.05, 3.63) is 0 Å². The second kappa shape index (κ2) is 77.4. The van der Waals surface area contributed by atoms with Crippen LogP contribution in [-0.2, 0) is 65.4 Å². The van der Waals surface area contributed by atoms with Crippen molar-refractivity contribution in [2.45, 2.75) is 477 Å². The summed E-state index contributed by atoms with van der Waals surface area (Å²) in [4.78, 5) is 73.3. The van der Waals surface area contributed by atoms with Crippen molar-refractivity contribution < 1.29 is 80.2 Å². The topological polar surface area (TPSA) is 237 Å². The number of aliphatic hydroxyl groups is 1. The van der Waals surface area contributed by atoms with Gasteiger partial charge in [0.1, 0.15) is 19.3 Å². The van der Waals surface area contributed by atoms with Crippen molar-refractivity contribution in [2.75, 3.05) is 39.6 Å². The lowest BCUT2D eigenvalue weighted by molar-refractivity contribution is -0.161. The van der Waals surface area contributed by atoms with Crippen LogP contribution in [-0.4, -0.2) is 96.7 Å². The zero-order valence-electron chi connectivity index (χ0n) is 69.0. The highest BCUT2D eigenvalue weighted by molar-refractivity contribution is 7.47. The van der Waals surface area contributed by atoms with Crippen LogP contribution in [0.5, 0.6) is 0 Å². The number of phosphoric acid groups is 2. The van der Waals surface area contributed by atoms with Gasteiger partial charge in [-0.1, -0.05) is 408 Å². The molecule has 0 spiro atoms. The Bertz CT molecular complexity index is 2010. The highest BCUT2D eigenvalue weighted by atomic mass is 31.2. The fraction of sp³-hybridized carbons (Fsp3) is 0.953. The van der Waals surface area contributed by atoms with E-state index in [4.69, 9.17) is 37.0 Å². The molecule has 0 aromatic carbocycles. The average molecular weight is 1540 g/mol. The first-order valence-electron chi connectivity index (χ1n) is 44.5. The van der Waals surface area contributed by atoms with Gasteiger partial charge in [0.25, 0.3) is 0 Å². The van der Waals surface area contributed by atoms with Gasteiger partial charge in [0.05, 0.1) is 26.4 Å². The lowest BCUT2D eigenvalue weighted by Crippen LogP contribution is -2.30. The van der Waals surface area contributed by atoms with Crippen molar-refractivity contribution in [1.82, 2.24) is 0 Å². The predicted molar refractivity (Wildman–Crippen MR) is 432 cm³/mol. The van der Waals surface area contributed by atoms with Crippen LogP contribution in [0.3, 0.4) is 0 Å². The van der Waals surface area contributed by atoms with Gasteiger partial charge in [0, 0.05) is 25.7 Å². The molecule has 19 heteroatoms. The molecular weight excluding hydrogens is 1370 g/mol. The van der Waals surface area contributed by atoms with E-state index in [1.807, 2.05) is 0 Å². The molecule has 0 aliphatic heterocycles. The van der Waals surface area contributed by atoms with Crippen LogP contribution in [0.15, 0.2) is 0 Å². The summed E-state index contributed by atoms with van der Waals surface area (Å²) in [6, 6.07) is 0. The fourth-order valence-electron chi connectivity index (χ4n) is 13.4. The molecule has 105 heavy (non-hydrogen) atoms. The first kappa shape index (κ1) is 103. The second-order valence-corrected chi connectivity index (χ2v) is 34.6. The Balaban J connectivity index is 5.27. The smallest absolute Gasteiger partial charge is 0.462 e. The molecule has 17 nitrogen and oxygen atoms in total. The van der Waals surface area contributed by atoms with Crippen molar-refractivity contribution in [3.63, 3.8) is 0 Å². The van der Waals surface area contributed by atoms with Gasteiger partial charge in [0.15, 0.2) is 12.2 Å². The summed E-state index contributed by atoms with van der Waals surface area (Å²) in [5, 5.41) is 10.7. The second-order valence-electron chi connectivity index (χ2n) is 31.6. The fourth-order valence-corrected chi connectivity index (χ4v) is 15.0. The van der Waals surface area contributed by atoms with E-state index in [-0.39, 0.29) is 25.7 Å². The molecule has 0 amide bonds. The summed E-state index contributed by atoms with van der Waals surface area (Å²) in [5.74, 6) is -0.446. The highest BCUT2D eigenvalue weighted by Gasteiger charge is 2.30. The van der Waals surface area contributed by atoms with Crippen LogP contribution < -0.4 is 0 Å². The third-order valence-electron chi connectivity index (χ3n) is 20.6. The predicted octanol–water partition coefficient (Wildman–Crippen LogP) is 26.2. The summed E-state index contributed by atoms with van der Waals surface area (Å²) in [7, 11) is -9.93. The maximum Gasteiger partial charge on any atom is 0.472 e. The molecule has 0 heterocycles. The molecule has 3 N–H and O–H groups in total. The van der Waals surface area contributed by atoms with Gasteiger partial charge in [-0.15, -0.1) is 0 Å². The molecule has 0 radical (unpaired) electrons. The summed E-state index contributed by atoms with van der Waals surface area (Å²) >= 11 is 0. The third-order valence-corrected chi connectivity index (χ3v) is 22.5. The average Bonchev–Trinajstić information content (AvgIpc) is 0.918. The molecule has 0 aliphatic carbocycles. The number of ether oxygens (including phenoxy) is 4. The number of phosphoric ester groups is 2. The molecular formula is C86H168O17P2. The SMILES string of the molecule is CCCCCCCCCCCCCCCCCCC(=O)O[C@H](COC(=O)CCCCCCCCCCCCCCC)COP(=O)(O)OC[C@H](O)COP(=O)(O)OC[C@@H](COC(=O)CCCCCCCCCCCCCCCCC(C)CC)OC(=O)CCCCCCCCCCCCCCCCCC(C)C. The molecule has 3 unspecified atom stereocenters. The number of hydrogen-bond acceptors (Lipinski definition) is 15. The van der Waals surface area contributed by atoms with E-state index < -0.39 is 97.5 Å². The first-order chi connectivity index (χ1) is 50.9. The van der Waals surface area contributed by atoms with Crippen molar-refractivity contribution in [3.8, 4) is 0 Å². The number of carbonyl (C=O) groups excluding carboxylic acids is 4. The lowest BCUT2D eigenvalue weighted by Gasteiger charge is -2.21. The first-order valence-corrected chi connectivity index (χ1v) is 47.5. The molecule has 0 aliphatic rings. The van der Waals surface area contributed by atoms with Gasteiger partial charge in [0.2, 0.25) is 0 Å². The number of rotatable bonds is 85. The minimum absolute atomic E-state index is 0.108. The maximum atomic E-state index is 13.1. The number of aliphatic hydroxyl groups excluding tert-OH is 1. The molecule has 0 aromatic heterocycles. The Kier molecular flexibility index (Phi) is 76.0. The lowest BCUT2D eigenvalue weighted by atomic mass is 9.99. The molecule has 6 atom stereocenters. The van der Waals surface area contributed by atoms with Crippen LogP contribution in [0.25, 0.3) is 0 Å². The zero-order valence-corrected chi connectivity index (χ0v) is 70.8. The summed E-state index contributed by atoms with van der Waals surface area (Å²) in [6.45, 7) is 9.76. The quantitative estimate of drug-likeness (QED) is 0.0222. The van der Waals surface area contributed by atoms with Crippen LogP contribution >= 0.6 is 15.6 Å². The number of hydrogen-bond donors (Lipinski definition) is 3. The van der Waals surface area contributed by atoms with E-state index in [1.165, 1.54) is 276 Å². The van der Waals surface area contributed by atoms with Gasteiger partial charge in [-0.25, -0.2) is 9.13 Å². The Labute approximate surface area is 645 Å². The zero-order chi connectivity index (χ0) is 77.1. The van der Waals surface area contributed by atoms with Crippen molar-refractivity contribution >= 4 is 39.5 Å². The molecule has 0 fully saturated rings. The largest absolute Gasteiger partial charge is 0.472 e. The number of carbonyl (C=O) groups is 4. The van der Waals surface area contributed by atoms with Crippen LogP contribution in [0.2, 0.25) is 0 Å². The Morgan fingerprint density at radius 1 is 0.276 bits per heavy atom. The van der Waals surface area contributed by atoms with E-state index in [0.29, 0.717) is 25.7 Å². The Morgan fingerprint density at radius 2 is 0.486 bits per heavy atom. The van der Waals surface area contributed by atoms with E-state index in [1.54, 1.807) is 0 Å². The summed E-state index contributed by atoms with van der Waals surface area (Å²) in [5.41, 5.74) is 0. The highest BCUT2D eigenvalue weighted by Crippen LogP contribution is 2.45. The molecule has 0 aromatic rings. The minimum atomic E-state index is -4.97. The Hall–Kier alpha value is -1.94. The third kappa shape index (κ3) is 78.5. The van der Waals surface area contributed by atoms with E-state index in [2.05, 4.69) is 41.5 Å². The van der Waals surface area contributed by atoms with Gasteiger partial charge in [-0.2, -0.15) is 0 Å². The number of unbranched alkanes of at least 4 members (excludes halogenated alkanes) is 54. The van der Waals surface area contributed by atoms with E-state index in [9.17, 15) is 43.2 Å². The number of esters is 4. The molecule has 624 valence electrons. The van der Waals surface area contributed by atoms with Gasteiger partial charge in [-0.3, -0.25) is 37.3 Å². The van der Waals surface area contributed by atoms with E-state index in [0.717, 1.165) is 102 Å². The van der Waals surface area contributed by atoms with Gasteiger partial charge < -0.3 is 33.8 Å². The summed E-state index contributed by atoms with van der Waals surface area (Å²) < 4.78 is 69.0. The molecule has 0 saturated heterocycles. The van der Waals surface area contributed by atoms with Crippen molar-refractivity contribution in [2.24, 2.45) is 11.8 Å². The molecule has 0 saturated carbocycles. The van der Waals surface area contributed by atoms with Crippen molar-refractivity contribution in [1.29, 1.82) is 0 Å². The van der Waals surface area contributed by atoms with Crippen LogP contribution in [0, 0.1) is 11.8 Å². The summed E-state index contributed by atoms with van der Waals surface area (Å²) in [6.07, 6.45) is 69.1. The Morgan fingerprint density at radius 3 is 0.724 bits per heavy atom. The van der Waals surface area contributed by atoms with Gasteiger partial charge in [-0.05, 0) is 37.5 Å². The van der Waals surface area contributed by atoms with Gasteiger partial charge >= 0.3 is 39.5 Å².